The van der Waals surface area contributed by atoms with Gasteiger partial charge in [-0.25, -0.2) is 0 Å². The minimum atomic E-state index is 0.647. The van der Waals surface area contributed by atoms with Crippen LogP contribution in [0.2, 0.25) is 0 Å². The minimum absolute atomic E-state index is 0.647. The van der Waals surface area contributed by atoms with Gasteiger partial charge in [-0.3, -0.25) is 0 Å². The van der Waals surface area contributed by atoms with Crippen molar-refractivity contribution in [3.8, 4) is 0 Å². The van der Waals surface area contributed by atoms with Crippen molar-refractivity contribution in [3.05, 3.63) is 12.4 Å². The highest BCUT2D eigenvalue weighted by atomic mass is 15.4. The van der Waals surface area contributed by atoms with Crippen molar-refractivity contribution in [1.29, 1.82) is 0 Å². The van der Waals surface area contributed by atoms with E-state index in [1.54, 1.807) is 0 Å². The molecule has 1 aliphatic heterocycles. The molecule has 0 aromatic heterocycles. The van der Waals surface area contributed by atoms with Crippen LogP contribution in [0.3, 0.4) is 0 Å². The Bertz CT molecular complexity index is 339. The van der Waals surface area contributed by atoms with Gasteiger partial charge in [0.2, 0.25) is 0 Å². The molecule has 1 aliphatic rings. The average Bonchev–Trinajstić information content (AvgIpc) is 3.06. The molecule has 1 rings (SSSR count). The predicted octanol–water partition coefficient (Wildman–Crippen LogP) is 8.09. The second kappa shape index (κ2) is 17.4. The molecule has 0 saturated heterocycles. The number of hydrogen-bond acceptors (Lipinski definition) is 2. The fraction of sp³-hybridized carbons (Fsp3) is 0.920. The molecule has 0 aromatic carbocycles. The van der Waals surface area contributed by atoms with Crippen LogP contribution in [-0.2, 0) is 0 Å². The minimum Gasteiger partial charge on any atom is -0.356 e. The van der Waals surface area contributed by atoms with E-state index in [1.165, 1.54) is 122 Å². The van der Waals surface area contributed by atoms with Gasteiger partial charge in [-0.05, 0) is 25.7 Å². The van der Waals surface area contributed by atoms with E-state index in [1.807, 2.05) is 0 Å². The molecule has 0 saturated carbocycles. The Kier molecular flexibility index (Phi) is 15.7. The first-order valence-electron chi connectivity index (χ1n) is 12.5. The van der Waals surface area contributed by atoms with Gasteiger partial charge in [0.05, 0.1) is 0 Å². The Morgan fingerprint density at radius 3 is 1.33 bits per heavy atom. The summed E-state index contributed by atoms with van der Waals surface area (Å²) < 4.78 is 0. The van der Waals surface area contributed by atoms with Crippen molar-refractivity contribution in [2.24, 2.45) is 0 Å². The molecule has 0 radical (unpaired) electrons. The molecule has 0 aromatic rings. The van der Waals surface area contributed by atoms with Crippen molar-refractivity contribution in [2.75, 3.05) is 13.1 Å². The van der Waals surface area contributed by atoms with Crippen molar-refractivity contribution < 1.29 is 0 Å². The third-order valence-electron chi connectivity index (χ3n) is 6.07. The molecular formula is C25H50N2. The molecule has 160 valence electrons. The van der Waals surface area contributed by atoms with Gasteiger partial charge in [-0.1, -0.05) is 104 Å². The summed E-state index contributed by atoms with van der Waals surface area (Å²) >= 11 is 0. The average molecular weight is 379 g/mol. The molecule has 1 heterocycles. The van der Waals surface area contributed by atoms with Crippen molar-refractivity contribution in [1.82, 2.24) is 9.80 Å². The summed E-state index contributed by atoms with van der Waals surface area (Å²) in [6, 6.07) is 0. The van der Waals surface area contributed by atoms with Crippen molar-refractivity contribution in [2.45, 2.75) is 136 Å². The van der Waals surface area contributed by atoms with Crippen LogP contribution in [0.5, 0.6) is 0 Å². The third-order valence-corrected chi connectivity index (χ3v) is 6.07. The summed E-state index contributed by atoms with van der Waals surface area (Å²) in [5.74, 6) is 0. The van der Waals surface area contributed by atoms with E-state index >= 15 is 0 Å². The largest absolute Gasteiger partial charge is 0.356 e. The maximum absolute atomic E-state index is 2.66. The number of hydrogen-bond donors (Lipinski definition) is 0. The lowest BCUT2D eigenvalue weighted by Gasteiger charge is -2.33. The molecule has 27 heavy (non-hydrogen) atoms. The standard InChI is InChI=1S/C25H50N2/c1-4-7-10-13-14-16-19-22-27-24-23-26(21-18-12-9-6-3)25(27)20-17-15-11-8-5-2/h23-25H,4-22H2,1-3H3. The first-order chi connectivity index (χ1) is 13.3. The van der Waals surface area contributed by atoms with Gasteiger partial charge in [0, 0.05) is 25.5 Å². The van der Waals surface area contributed by atoms with Crippen LogP contribution < -0.4 is 0 Å². The zero-order chi connectivity index (χ0) is 19.6. The van der Waals surface area contributed by atoms with Crippen LogP contribution in [-0.4, -0.2) is 29.1 Å². The first-order valence-corrected chi connectivity index (χ1v) is 12.5. The summed E-state index contributed by atoms with van der Waals surface area (Å²) in [6.45, 7) is 9.43. The van der Waals surface area contributed by atoms with Crippen LogP contribution in [0.4, 0.5) is 0 Å². The number of unbranched alkanes of at least 4 members (excludes halogenated alkanes) is 13. The summed E-state index contributed by atoms with van der Waals surface area (Å²) in [6.07, 6.45) is 29.1. The molecule has 1 atom stereocenters. The Hall–Kier alpha value is -0.660. The van der Waals surface area contributed by atoms with Crippen molar-refractivity contribution in [3.63, 3.8) is 0 Å². The summed E-state index contributed by atoms with van der Waals surface area (Å²) in [7, 11) is 0. The van der Waals surface area contributed by atoms with Gasteiger partial charge in [0.25, 0.3) is 0 Å². The SMILES string of the molecule is CCCCCCCCCN1C=CN(CCCCCC)C1CCCCCCC. The zero-order valence-electron chi connectivity index (χ0n) is 19.1. The zero-order valence-corrected chi connectivity index (χ0v) is 19.1. The quantitative estimate of drug-likeness (QED) is 0.209. The molecule has 0 spiro atoms. The molecule has 0 aliphatic carbocycles. The van der Waals surface area contributed by atoms with E-state index < -0.39 is 0 Å². The second-order valence-corrected chi connectivity index (χ2v) is 8.64. The maximum atomic E-state index is 2.66. The van der Waals surface area contributed by atoms with E-state index in [0.29, 0.717) is 6.17 Å². The van der Waals surface area contributed by atoms with Gasteiger partial charge >= 0.3 is 0 Å². The lowest BCUT2D eigenvalue weighted by Crippen LogP contribution is -2.39. The normalized spacial score (nSPS) is 16.6. The van der Waals surface area contributed by atoms with Crippen LogP contribution in [0, 0.1) is 0 Å². The fourth-order valence-corrected chi connectivity index (χ4v) is 4.24. The lowest BCUT2D eigenvalue weighted by molar-refractivity contribution is 0.135. The van der Waals surface area contributed by atoms with Crippen LogP contribution in [0.15, 0.2) is 12.4 Å². The summed E-state index contributed by atoms with van der Waals surface area (Å²) in [5, 5.41) is 0. The van der Waals surface area contributed by atoms with E-state index in [-0.39, 0.29) is 0 Å². The van der Waals surface area contributed by atoms with Gasteiger partial charge in [0.1, 0.15) is 6.17 Å². The smallest absolute Gasteiger partial charge is 0.101 e. The van der Waals surface area contributed by atoms with Crippen LogP contribution in [0.25, 0.3) is 0 Å². The van der Waals surface area contributed by atoms with Gasteiger partial charge < -0.3 is 9.80 Å². The van der Waals surface area contributed by atoms with Crippen molar-refractivity contribution >= 4 is 0 Å². The predicted molar refractivity (Wildman–Crippen MR) is 122 cm³/mol. The Morgan fingerprint density at radius 2 is 0.852 bits per heavy atom. The van der Waals surface area contributed by atoms with Gasteiger partial charge in [-0.15, -0.1) is 0 Å². The van der Waals surface area contributed by atoms with Gasteiger partial charge in [-0.2, -0.15) is 0 Å². The number of rotatable bonds is 19. The van der Waals surface area contributed by atoms with Gasteiger partial charge in [0.15, 0.2) is 0 Å². The maximum Gasteiger partial charge on any atom is 0.101 e. The third kappa shape index (κ3) is 11.7. The molecule has 0 N–H and O–H groups in total. The first kappa shape index (κ1) is 24.4. The molecule has 0 fully saturated rings. The second-order valence-electron chi connectivity index (χ2n) is 8.64. The Morgan fingerprint density at radius 1 is 0.481 bits per heavy atom. The molecule has 0 bridgehead atoms. The summed E-state index contributed by atoms with van der Waals surface area (Å²) in [4.78, 5) is 5.31. The highest BCUT2D eigenvalue weighted by molar-refractivity contribution is 4.96. The van der Waals surface area contributed by atoms with E-state index in [0.717, 1.165) is 0 Å². The Labute approximate surface area is 171 Å². The monoisotopic (exact) mass is 378 g/mol. The summed E-state index contributed by atoms with van der Waals surface area (Å²) in [5.41, 5.74) is 0. The highest BCUT2D eigenvalue weighted by Crippen LogP contribution is 2.23. The molecule has 2 heteroatoms. The van der Waals surface area contributed by atoms with E-state index in [4.69, 9.17) is 0 Å². The fourth-order valence-electron chi connectivity index (χ4n) is 4.24. The molecule has 2 nitrogen and oxygen atoms in total. The Balaban J connectivity index is 2.30. The van der Waals surface area contributed by atoms with E-state index in [2.05, 4.69) is 43.0 Å². The van der Waals surface area contributed by atoms with E-state index in [9.17, 15) is 0 Å². The molecule has 0 amide bonds. The molecular weight excluding hydrogens is 328 g/mol. The number of nitrogens with zero attached hydrogens (tertiary/aromatic N) is 2. The lowest BCUT2D eigenvalue weighted by atomic mass is 10.1. The van der Waals surface area contributed by atoms with Crippen LogP contribution in [0.1, 0.15) is 130 Å². The highest BCUT2D eigenvalue weighted by Gasteiger charge is 2.24. The topological polar surface area (TPSA) is 6.48 Å². The van der Waals surface area contributed by atoms with Crippen LogP contribution >= 0.6 is 0 Å². The molecule has 1 unspecified atom stereocenters.